The molecule has 0 unspecified atom stereocenters. The van der Waals surface area contributed by atoms with Crippen LogP contribution in [0.25, 0.3) is 22.3 Å². The summed E-state index contributed by atoms with van der Waals surface area (Å²) in [6, 6.07) is 21.2. The second-order valence-electron chi connectivity index (χ2n) is 5.96. The maximum Gasteiger partial charge on any atom is 0.0335 e. The molecule has 0 N–H and O–H groups in total. The third-order valence-electron chi connectivity index (χ3n) is 4.46. The van der Waals surface area contributed by atoms with Gasteiger partial charge in [-0.3, -0.25) is 0 Å². The first-order chi connectivity index (χ1) is 12.7. The fourth-order valence-electron chi connectivity index (χ4n) is 3.21. The summed E-state index contributed by atoms with van der Waals surface area (Å²) in [4.78, 5) is 0. The summed E-state index contributed by atoms with van der Waals surface area (Å²) < 4.78 is 6.02. The van der Waals surface area contributed by atoms with E-state index in [9.17, 15) is 0 Å². The quantitative estimate of drug-likeness (QED) is 0.232. The average molecular weight is 558 g/mol. The molecular weight excluding hydrogens is 542 g/mol. The lowest BCUT2D eigenvalue weighted by Crippen LogP contribution is -1.96. The minimum Gasteiger partial charge on any atom is -0.0620 e. The average Bonchev–Trinajstić information content (AvgIpc) is 2.65. The van der Waals surface area contributed by atoms with Crippen LogP contribution in [0.2, 0.25) is 0 Å². The Hall–Kier alpha value is -1.76. The molecule has 0 aliphatic carbocycles. The van der Waals surface area contributed by atoms with Gasteiger partial charge < -0.3 is 0 Å². The van der Waals surface area contributed by atoms with E-state index >= 15 is 0 Å². The molecule has 0 radical (unpaired) electrons. The summed E-state index contributed by atoms with van der Waals surface area (Å²) in [7, 11) is 0. The number of hydrogen-bond donors (Lipinski definition) is 0. The lowest BCUT2D eigenvalue weighted by molar-refractivity contribution is 1.40. The summed E-state index contributed by atoms with van der Waals surface area (Å²) in [6.45, 7) is 4.29. The summed E-state index contributed by atoms with van der Waals surface area (Å²) in [5.41, 5.74) is 9.38. The van der Waals surface area contributed by atoms with Crippen LogP contribution in [0.3, 0.4) is 0 Å². The van der Waals surface area contributed by atoms with E-state index in [2.05, 4.69) is 139 Å². The molecule has 0 atom stereocenters. The molecule has 0 heterocycles. The highest BCUT2D eigenvalue weighted by Crippen LogP contribution is 2.38. The van der Waals surface area contributed by atoms with Gasteiger partial charge in [0.15, 0.2) is 0 Å². The number of rotatable bonds is 2. The molecule has 0 amide bonds. The van der Waals surface area contributed by atoms with E-state index in [4.69, 9.17) is 0 Å². The van der Waals surface area contributed by atoms with Crippen molar-refractivity contribution in [1.29, 1.82) is 0 Å². The van der Waals surface area contributed by atoms with Gasteiger partial charge in [-0.2, -0.15) is 0 Å². The van der Waals surface area contributed by atoms with Crippen LogP contribution in [0.4, 0.5) is 0 Å². The summed E-state index contributed by atoms with van der Waals surface area (Å²) in [5, 5.41) is 0. The van der Waals surface area contributed by atoms with E-state index in [1.807, 2.05) is 0 Å². The Morgan fingerprint density at radius 1 is 0.615 bits per heavy atom. The van der Waals surface area contributed by atoms with Gasteiger partial charge in [0.25, 0.3) is 0 Å². The number of halogens is 2. The van der Waals surface area contributed by atoms with Crippen molar-refractivity contribution in [3.63, 3.8) is 0 Å². The molecule has 0 bridgehead atoms. The standard InChI is InChI=1S/C24H16I2/c1-17-7-3-4-8-21(17)22-9-5-6-10-23(22)24-18(2)19(13-15-25)11-12-20(24)14-16-26/h3-12H,1-2H3. The van der Waals surface area contributed by atoms with Crippen molar-refractivity contribution in [1.82, 2.24) is 0 Å². The number of benzene rings is 3. The summed E-state index contributed by atoms with van der Waals surface area (Å²) in [6.07, 6.45) is 0. The van der Waals surface area contributed by atoms with Crippen LogP contribution in [-0.4, -0.2) is 0 Å². The summed E-state index contributed by atoms with van der Waals surface area (Å²) in [5.74, 6) is 6.48. The minimum absolute atomic E-state index is 1.04. The van der Waals surface area contributed by atoms with E-state index in [0.717, 1.165) is 11.1 Å². The third kappa shape index (κ3) is 3.82. The molecule has 0 nitrogen and oxygen atoms in total. The Bertz CT molecular complexity index is 1090. The van der Waals surface area contributed by atoms with Crippen LogP contribution in [0.5, 0.6) is 0 Å². The molecule has 0 fully saturated rings. The third-order valence-corrected chi connectivity index (χ3v) is 5.00. The van der Waals surface area contributed by atoms with Crippen LogP contribution in [0.1, 0.15) is 22.3 Å². The van der Waals surface area contributed by atoms with Crippen molar-refractivity contribution in [3.8, 4) is 41.9 Å². The van der Waals surface area contributed by atoms with Crippen molar-refractivity contribution >= 4 is 45.2 Å². The lowest BCUT2D eigenvalue weighted by Gasteiger charge is -2.17. The Labute approximate surface area is 182 Å². The zero-order valence-electron chi connectivity index (χ0n) is 14.5. The molecule has 0 spiro atoms. The molecule has 3 aromatic carbocycles. The van der Waals surface area contributed by atoms with Crippen molar-refractivity contribution in [2.45, 2.75) is 13.8 Å². The molecule has 26 heavy (non-hydrogen) atoms. The molecule has 2 heteroatoms. The van der Waals surface area contributed by atoms with Gasteiger partial charge in [0.1, 0.15) is 0 Å². The maximum absolute atomic E-state index is 3.26. The van der Waals surface area contributed by atoms with E-state index in [1.54, 1.807) is 0 Å². The molecular formula is C24H16I2. The highest BCUT2D eigenvalue weighted by molar-refractivity contribution is 14.1. The van der Waals surface area contributed by atoms with Gasteiger partial charge in [-0.25, -0.2) is 0 Å². The molecule has 3 aromatic rings. The molecule has 126 valence electrons. The number of aryl methyl sites for hydroxylation is 1. The van der Waals surface area contributed by atoms with Gasteiger partial charge >= 0.3 is 0 Å². The molecule has 0 aromatic heterocycles. The van der Waals surface area contributed by atoms with E-state index in [0.29, 0.717) is 0 Å². The topological polar surface area (TPSA) is 0 Å². The fourth-order valence-corrected chi connectivity index (χ4v) is 3.79. The minimum atomic E-state index is 1.04. The van der Waals surface area contributed by atoms with Crippen LogP contribution < -0.4 is 0 Å². The monoisotopic (exact) mass is 558 g/mol. The second kappa shape index (κ2) is 8.75. The van der Waals surface area contributed by atoms with Gasteiger partial charge in [-0.05, 0) is 61.7 Å². The molecule has 0 saturated carbocycles. The highest BCUT2D eigenvalue weighted by Gasteiger charge is 2.15. The van der Waals surface area contributed by atoms with Crippen molar-refractivity contribution in [2.75, 3.05) is 0 Å². The van der Waals surface area contributed by atoms with Crippen molar-refractivity contribution in [3.05, 3.63) is 82.9 Å². The first-order valence-electron chi connectivity index (χ1n) is 8.19. The van der Waals surface area contributed by atoms with Gasteiger partial charge in [0.05, 0.1) is 0 Å². The van der Waals surface area contributed by atoms with Crippen molar-refractivity contribution < 1.29 is 0 Å². The normalized spacial score (nSPS) is 9.69. The second-order valence-corrected chi connectivity index (χ2v) is 7.04. The number of hydrogen-bond acceptors (Lipinski definition) is 0. The van der Waals surface area contributed by atoms with Crippen LogP contribution >= 0.6 is 45.2 Å². The summed E-state index contributed by atoms with van der Waals surface area (Å²) >= 11 is 4.19. The molecule has 0 saturated heterocycles. The fraction of sp³-hybridized carbons (Fsp3) is 0.0833. The van der Waals surface area contributed by atoms with E-state index in [1.165, 1.54) is 33.4 Å². The molecule has 3 rings (SSSR count). The smallest absolute Gasteiger partial charge is 0.0335 e. The molecule has 0 aliphatic rings. The van der Waals surface area contributed by atoms with Gasteiger partial charge in [-0.1, -0.05) is 60.4 Å². The lowest BCUT2D eigenvalue weighted by atomic mass is 9.86. The van der Waals surface area contributed by atoms with Gasteiger partial charge in [0.2, 0.25) is 0 Å². The predicted octanol–water partition coefficient (Wildman–Crippen LogP) is 7.13. The Kier molecular flexibility index (Phi) is 6.40. The zero-order valence-corrected chi connectivity index (χ0v) is 18.8. The Balaban J connectivity index is 2.37. The van der Waals surface area contributed by atoms with Crippen molar-refractivity contribution in [2.24, 2.45) is 0 Å². The van der Waals surface area contributed by atoms with Gasteiger partial charge in [0, 0.05) is 61.9 Å². The first-order valence-corrected chi connectivity index (χ1v) is 10.4. The molecule has 0 aliphatic heterocycles. The first kappa shape index (κ1) is 19.0. The maximum atomic E-state index is 3.26. The zero-order chi connectivity index (χ0) is 18.5. The Morgan fingerprint density at radius 2 is 1.15 bits per heavy atom. The van der Waals surface area contributed by atoms with E-state index < -0.39 is 0 Å². The predicted molar refractivity (Wildman–Crippen MR) is 129 cm³/mol. The van der Waals surface area contributed by atoms with Crippen LogP contribution in [0.15, 0.2) is 60.7 Å². The van der Waals surface area contributed by atoms with Crippen LogP contribution in [0, 0.1) is 33.5 Å². The largest absolute Gasteiger partial charge is 0.0620 e. The highest BCUT2D eigenvalue weighted by atomic mass is 127. The van der Waals surface area contributed by atoms with E-state index in [-0.39, 0.29) is 0 Å². The SMILES string of the molecule is Cc1ccccc1-c1ccccc1-c1c(C#CI)ccc(C#CI)c1C. The van der Waals surface area contributed by atoms with Crippen LogP contribution in [-0.2, 0) is 0 Å². The Morgan fingerprint density at radius 3 is 1.81 bits per heavy atom. The van der Waals surface area contributed by atoms with Gasteiger partial charge in [-0.15, -0.1) is 0 Å².